The highest BCUT2D eigenvalue weighted by Crippen LogP contribution is 2.28. The molecule has 8 nitrogen and oxygen atoms in total. The standard InChI is InChI=1S/C21H18F4N6O2S/c1-11-3-8-15(22)16(9-11)34(32,33)31-14-6-4-13(5-7-14)18-27-19(26-10-21(23,24)25)17-12(2)29-30-20(17)28-18/h3-9,31H,10H2,1-2H3,(H2,26,27,28,29,30). The van der Waals surface area contributed by atoms with Crippen molar-refractivity contribution in [3.63, 3.8) is 0 Å². The van der Waals surface area contributed by atoms with Crippen LogP contribution in [0.5, 0.6) is 0 Å². The summed E-state index contributed by atoms with van der Waals surface area (Å²) >= 11 is 0. The average Bonchev–Trinajstić information content (AvgIpc) is 3.14. The number of hydrogen-bond acceptors (Lipinski definition) is 6. The molecule has 0 aliphatic heterocycles. The Hall–Kier alpha value is -3.74. The van der Waals surface area contributed by atoms with Crippen LogP contribution in [0.4, 0.5) is 29.1 Å². The summed E-state index contributed by atoms with van der Waals surface area (Å²) in [5, 5.41) is 9.27. The molecule has 0 unspecified atom stereocenters. The molecule has 3 N–H and O–H groups in total. The van der Waals surface area contributed by atoms with Crippen LogP contribution >= 0.6 is 0 Å². The summed E-state index contributed by atoms with van der Waals surface area (Å²) in [4.78, 5) is 8.01. The van der Waals surface area contributed by atoms with Crippen molar-refractivity contribution >= 4 is 32.6 Å². The van der Waals surface area contributed by atoms with E-state index in [1.54, 1.807) is 13.8 Å². The fourth-order valence-corrected chi connectivity index (χ4v) is 4.44. The zero-order chi connectivity index (χ0) is 24.7. The maximum Gasteiger partial charge on any atom is 0.405 e. The molecule has 2 heterocycles. The van der Waals surface area contributed by atoms with Crippen LogP contribution < -0.4 is 10.0 Å². The Morgan fingerprint density at radius 2 is 1.74 bits per heavy atom. The van der Waals surface area contributed by atoms with E-state index in [9.17, 15) is 26.0 Å². The van der Waals surface area contributed by atoms with E-state index in [-0.39, 0.29) is 23.0 Å². The van der Waals surface area contributed by atoms with Gasteiger partial charge in [0.2, 0.25) is 0 Å². The fourth-order valence-electron chi connectivity index (χ4n) is 3.22. The van der Waals surface area contributed by atoms with Gasteiger partial charge in [0.25, 0.3) is 10.0 Å². The van der Waals surface area contributed by atoms with Gasteiger partial charge in [-0.2, -0.15) is 18.3 Å². The lowest BCUT2D eigenvalue weighted by molar-refractivity contribution is -0.115. The molecule has 4 aromatic rings. The Morgan fingerprint density at radius 1 is 1.03 bits per heavy atom. The van der Waals surface area contributed by atoms with Crippen molar-refractivity contribution in [3.05, 3.63) is 59.5 Å². The second kappa shape index (κ2) is 8.56. The van der Waals surface area contributed by atoms with Crippen LogP contribution in [-0.4, -0.2) is 41.3 Å². The SMILES string of the molecule is Cc1ccc(F)c(S(=O)(=O)Nc2ccc(-c3nc(NCC(F)(F)F)c4c(C)[nH]nc4n3)cc2)c1. The number of alkyl halides is 3. The fraction of sp³-hybridized carbons (Fsp3) is 0.190. The van der Waals surface area contributed by atoms with E-state index in [4.69, 9.17) is 0 Å². The highest BCUT2D eigenvalue weighted by Gasteiger charge is 2.28. The van der Waals surface area contributed by atoms with Gasteiger partial charge >= 0.3 is 6.18 Å². The summed E-state index contributed by atoms with van der Waals surface area (Å²) in [6.07, 6.45) is -4.45. The monoisotopic (exact) mass is 494 g/mol. The number of sulfonamides is 1. The number of aryl methyl sites for hydroxylation is 2. The summed E-state index contributed by atoms with van der Waals surface area (Å²) in [5.41, 5.74) is 1.80. The number of aromatic nitrogens is 4. The first-order valence-corrected chi connectivity index (χ1v) is 11.3. The number of hydrogen-bond donors (Lipinski definition) is 3. The first-order chi connectivity index (χ1) is 15.9. The third kappa shape index (κ3) is 4.93. The molecule has 0 spiro atoms. The number of fused-ring (bicyclic) bond motifs is 1. The van der Waals surface area contributed by atoms with Gasteiger partial charge in [0.15, 0.2) is 11.5 Å². The van der Waals surface area contributed by atoms with Crippen LogP contribution in [0.15, 0.2) is 47.4 Å². The van der Waals surface area contributed by atoms with Gasteiger partial charge in [-0.05, 0) is 55.8 Å². The Bertz CT molecular complexity index is 1470. The topological polar surface area (TPSA) is 113 Å². The summed E-state index contributed by atoms with van der Waals surface area (Å²) in [6, 6.07) is 9.54. The average molecular weight is 494 g/mol. The number of aromatic amines is 1. The largest absolute Gasteiger partial charge is 0.405 e. The van der Waals surface area contributed by atoms with E-state index in [2.05, 4.69) is 30.2 Å². The van der Waals surface area contributed by atoms with Gasteiger partial charge < -0.3 is 5.32 Å². The van der Waals surface area contributed by atoms with Gasteiger partial charge in [-0.25, -0.2) is 22.8 Å². The molecule has 0 fully saturated rings. The van der Waals surface area contributed by atoms with Gasteiger partial charge in [-0.15, -0.1) is 0 Å². The van der Waals surface area contributed by atoms with Crippen molar-refractivity contribution < 1.29 is 26.0 Å². The minimum atomic E-state index is -4.45. The van der Waals surface area contributed by atoms with Crippen LogP contribution in [0.3, 0.4) is 0 Å². The molecule has 0 aliphatic rings. The first-order valence-electron chi connectivity index (χ1n) is 9.86. The molecular weight excluding hydrogens is 476 g/mol. The van der Waals surface area contributed by atoms with Gasteiger partial charge in [0.1, 0.15) is 23.1 Å². The zero-order valence-corrected chi connectivity index (χ0v) is 18.6. The first kappa shape index (κ1) is 23.4. The predicted octanol–water partition coefficient (Wildman–Crippen LogP) is 4.55. The Kier molecular flexibility index (Phi) is 5.89. The highest BCUT2D eigenvalue weighted by atomic mass is 32.2. The second-order valence-corrected chi connectivity index (χ2v) is 9.18. The molecule has 0 radical (unpaired) electrons. The van der Waals surface area contributed by atoms with E-state index < -0.39 is 33.5 Å². The molecule has 2 aromatic carbocycles. The van der Waals surface area contributed by atoms with Gasteiger partial charge in [-0.1, -0.05) is 6.07 Å². The van der Waals surface area contributed by atoms with Crippen molar-refractivity contribution in [1.29, 1.82) is 0 Å². The van der Waals surface area contributed by atoms with Crippen LogP contribution in [-0.2, 0) is 10.0 Å². The lowest BCUT2D eigenvalue weighted by atomic mass is 10.2. The number of halogens is 4. The van der Waals surface area contributed by atoms with Crippen molar-refractivity contribution in [2.45, 2.75) is 24.9 Å². The molecule has 0 atom stereocenters. The minimum absolute atomic E-state index is 0.0386. The second-order valence-electron chi connectivity index (χ2n) is 7.53. The molecule has 4 rings (SSSR count). The van der Waals surface area contributed by atoms with Crippen LogP contribution in [0, 0.1) is 19.7 Å². The van der Waals surface area contributed by atoms with E-state index >= 15 is 0 Å². The molecule has 0 aliphatic carbocycles. The predicted molar refractivity (Wildman–Crippen MR) is 118 cm³/mol. The van der Waals surface area contributed by atoms with E-state index in [0.29, 0.717) is 22.2 Å². The maximum atomic E-state index is 14.0. The molecule has 178 valence electrons. The number of H-pyrrole nitrogens is 1. The van der Waals surface area contributed by atoms with Crippen molar-refractivity contribution in [2.24, 2.45) is 0 Å². The molecule has 0 amide bonds. The number of nitrogens with zero attached hydrogens (tertiary/aromatic N) is 3. The lowest BCUT2D eigenvalue weighted by Gasteiger charge is -2.12. The van der Waals surface area contributed by atoms with E-state index in [0.717, 1.165) is 6.07 Å². The van der Waals surface area contributed by atoms with E-state index in [1.165, 1.54) is 36.4 Å². The molecule has 0 saturated heterocycles. The third-order valence-electron chi connectivity index (χ3n) is 4.82. The molecular formula is C21H18F4N6O2S. The van der Waals surface area contributed by atoms with E-state index in [1.807, 2.05) is 0 Å². The quantitative estimate of drug-likeness (QED) is 0.339. The number of nitrogens with one attached hydrogen (secondary N) is 3. The Morgan fingerprint density at radius 3 is 2.41 bits per heavy atom. The van der Waals surface area contributed by atoms with Gasteiger partial charge in [0, 0.05) is 16.9 Å². The van der Waals surface area contributed by atoms with Crippen molar-refractivity contribution in [2.75, 3.05) is 16.6 Å². The summed E-state index contributed by atoms with van der Waals surface area (Å²) in [7, 11) is -4.19. The highest BCUT2D eigenvalue weighted by molar-refractivity contribution is 7.92. The lowest BCUT2D eigenvalue weighted by Crippen LogP contribution is -2.22. The maximum absolute atomic E-state index is 14.0. The minimum Gasteiger partial charge on any atom is -0.360 e. The smallest absolute Gasteiger partial charge is 0.360 e. The summed E-state index contributed by atoms with van der Waals surface area (Å²) in [6.45, 7) is 1.98. The third-order valence-corrected chi connectivity index (χ3v) is 6.22. The molecule has 13 heteroatoms. The van der Waals surface area contributed by atoms with Crippen LogP contribution in [0.25, 0.3) is 22.4 Å². The van der Waals surface area contributed by atoms with Gasteiger partial charge in [0.05, 0.1) is 5.39 Å². The zero-order valence-electron chi connectivity index (χ0n) is 17.8. The Labute approximate surface area is 191 Å². The summed E-state index contributed by atoms with van der Waals surface area (Å²) < 4.78 is 79.7. The van der Waals surface area contributed by atoms with Crippen LogP contribution in [0.2, 0.25) is 0 Å². The van der Waals surface area contributed by atoms with Gasteiger partial charge in [-0.3, -0.25) is 9.82 Å². The van der Waals surface area contributed by atoms with Crippen molar-refractivity contribution in [3.8, 4) is 11.4 Å². The Balaban J connectivity index is 1.64. The normalized spacial score (nSPS) is 12.2. The van der Waals surface area contributed by atoms with Crippen molar-refractivity contribution in [1.82, 2.24) is 20.2 Å². The summed E-state index contributed by atoms with van der Waals surface area (Å²) in [5.74, 6) is -0.837. The van der Waals surface area contributed by atoms with Crippen LogP contribution in [0.1, 0.15) is 11.3 Å². The molecule has 34 heavy (non-hydrogen) atoms. The molecule has 2 aromatic heterocycles. The number of benzene rings is 2. The number of anilines is 2. The number of rotatable bonds is 6. The molecule has 0 bridgehead atoms. The molecule has 0 saturated carbocycles.